The summed E-state index contributed by atoms with van der Waals surface area (Å²) in [5, 5.41) is 7.72. The zero-order chi connectivity index (χ0) is 19.6. The van der Waals surface area contributed by atoms with Crippen molar-refractivity contribution in [3.8, 4) is 5.75 Å². The highest BCUT2D eigenvalue weighted by molar-refractivity contribution is 6.41. The van der Waals surface area contributed by atoms with E-state index in [4.69, 9.17) is 32.1 Å². The predicted octanol–water partition coefficient (Wildman–Crippen LogP) is 4.15. The van der Waals surface area contributed by atoms with Gasteiger partial charge in [-0.3, -0.25) is 4.79 Å². The van der Waals surface area contributed by atoms with Crippen molar-refractivity contribution < 1.29 is 8.85 Å². The Hall–Kier alpha value is -1.72. The van der Waals surface area contributed by atoms with E-state index in [0.29, 0.717) is 5.75 Å². The van der Waals surface area contributed by atoms with Gasteiger partial charge >= 0.3 is 0 Å². The molecule has 1 aliphatic rings. The topological polar surface area (TPSA) is 56.1 Å². The van der Waals surface area contributed by atoms with Crippen LogP contribution in [0.2, 0.25) is 10.0 Å². The lowest BCUT2D eigenvalue weighted by atomic mass is 9.91. The Bertz CT molecular complexity index is 848. The van der Waals surface area contributed by atoms with Gasteiger partial charge in [0.2, 0.25) is 0 Å². The molecule has 1 aliphatic carbocycles. The Labute approximate surface area is 154 Å². The molecule has 0 unspecified atom stereocenters. The number of nitrogens with zero attached hydrogens (tertiary/aromatic N) is 2. The average molecular weight is 371 g/mol. The first kappa shape index (κ1) is 13.6. The van der Waals surface area contributed by atoms with E-state index in [2.05, 4.69) is 10.4 Å². The molecule has 7 heteroatoms. The lowest BCUT2D eigenvalue weighted by molar-refractivity contribution is 0.304. The van der Waals surface area contributed by atoms with Crippen molar-refractivity contribution in [3.05, 3.63) is 50.9 Å². The highest BCUT2D eigenvalue weighted by atomic mass is 35.5. The van der Waals surface area contributed by atoms with Crippen LogP contribution in [0.3, 0.4) is 0 Å². The molecule has 0 aliphatic heterocycles. The molecule has 24 heavy (non-hydrogen) atoms. The molecule has 0 saturated heterocycles. The minimum atomic E-state index is -2.45. The van der Waals surface area contributed by atoms with Gasteiger partial charge in [0.15, 0.2) is 0 Å². The molecule has 5 nitrogen and oxygen atoms in total. The number of aromatic nitrogens is 2. The van der Waals surface area contributed by atoms with Crippen LogP contribution in [0.5, 0.6) is 5.75 Å². The summed E-state index contributed by atoms with van der Waals surface area (Å²) in [5.41, 5.74) is 0.534. The van der Waals surface area contributed by atoms with E-state index in [9.17, 15) is 4.79 Å². The summed E-state index contributed by atoms with van der Waals surface area (Å²) >= 11 is 11.8. The second-order valence-corrected chi connectivity index (χ2v) is 6.62. The van der Waals surface area contributed by atoms with E-state index in [1.54, 1.807) is 24.3 Å². The van der Waals surface area contributed by atoms with E-state index in [-0.39, 0.29) is 27.7 Å². The third-order valence-electron chi connectivity index (χ3n) is 4.29. The van der Waals surface area contributed by atoms with Crippen LogP contribution in [0.25, 0.3) is 0 Å². The molecule has 2 aromatic rings. The van der Waals surface area contributed by atoms with Crippen LogP contribution in [0.1, 0.15) is 35.8 Å². The maximum absolute atomic E-state index is 12.2. The summed E-state index contributed by atoms with van der Waals surface area (Å²) in [5.74, 6) is 0.300. The molecular weight excluding hydrogens is 349 g/mol. The van der Waals surface area contributed by atoms with Crippen molar-refractivity contribution in [2.75, 3.05) is 12.4 Å². The lowest BCUT2D eigenvalue weighted by Crippen LogP contribution is -2.33. The fourth-order valence-corrected chi connectivity index (χ4v) is 3.26. The molecule has 1 fully saturated rings. The van der Waals surface area contributed by atoms with Gasteiger partial charge in [0, 0.05) is 11.7 Å². The number of methoxy groups -OCH3 is 1. The summed E-state index contributed by atoms with van der Waals surface area (Å²) < 4.78 is 27.6. The first-order chi connectivity index (χ1) is 12.7. The van der Waals surface area contributed by atoms with Gasteiger partial charge in [-0.1, -0.05) is 23.2 Å². The van der Waals surface area contributed by atoms with Crippen LogP contribution in [-0.4, -0.2) is 22.9 Å². The highest BCUT2D eigenvalue weighted by Gasteiger charge is 2.24. The number of hydrogen-bond donors (Lipinski definition) is 1. The van der Waals surface area contributed by atoms with Crippen molar-refractivity contribution in [1.82, 2.24) is 9.78 Å². The van der Waals surface area contributed by atoms with E-state index < -0.39 is 7.04 Å². The lowest BCUT2D eigenvalue weighted by Gasteiger charge is -2.30. The van der Waals surface area contributed by atoms with Gasteiger partial charge in [0.25, 0.3) is 5.56 Å². The average Bonchev–Trinajstić information content (AvgIpc) is 2.61. The van der Waals surface area contributed by atoms with Crippen LogP contribution < -0.4 is 15.6 Å². The van der Waals surface area contributed by atoms with Crippen molar-refractivity contribution >= 4 is 28.9 Å². The zero-order valence-electron chi connectivity index (χ0n) is 15.8. The van der Waals surface area contributed by atoms with E-state index in [0.717, 1.165) is 31.4 Å². The standard InChI is InChI=1S/C17H19Cl2N3O2/c1-24-14-8-4-12(5-9-14)21-11-2-6-13(7-3-11)22-17(23)16(19)15(18)10-20-22/h4-5,8-11,13,21H,2-3,6-7H2,1H3/i1D3. The monoisotopic (exact) mass is 370 g/mol. The molecule has 1 aromatic carbocycles. The summed E-state index contributed by atoms with van der Waals surface area (Å²) in [4.78, 5) is 12.2. The SMILES string of the molecule is [2H]C([2H])([2H])Oc1ccc(NC2CCC(n3ncc(Cl)c(Cl)c3=O)CC2)cc1. The predicted molar refractivity (Wildman–Crippen MR) is 96.4 cm³/mol. The smallest absolute Gasteiger partial charge is 0.287 e. The molecule has 128 valence electrons. The maximum Gasteiger partial charge on any atom is 0.287 e. The number of halogens is 2. The second kappa shape index (κ2) is 7.45. The summed E-state index contributed by atoms with van der Waals surface area (Å²) in [7, 11) is -2.45. The largest absolute Gasteiger partial charge is 0.497 e. The number of nitrogens with one attached hydrogen (secondary N) is 1. The molecule has 1 aromatic heterocycles. The van der Waals surface area contributed by atoms with Crippen LogP contribution in [-0.2, 0) is 0 Å². The molecule has 1 N–H and O–H groups in total. The van der Waals surface area contributed by atoms with Crippen LogP contribution in [0, 0.1) is 0 Å². The molecule has 0 amide bonds. The van der Waals surface area contributed by atoms with Gasteiger partial charge in [-0.25, -0.2) is 4.68 Å². The van der Waals surface area contributed by atoms with Crippen LogP contribution in [0.4, 0.5) is 5.69 Å². The normalized spacial score (nSPS) is 23.0. The molecule has 0 atom stereocenters. The molecule has 1 heterocycles. The first-order valence-electron chi connectivity index (χ1n) is 9.21. The fraction of sp³-hybridized carbons (Fsp3) is 0.412. The molecule has 0 radical (unpaired) electrons. The third kappa shape index (κ3) is 3.68. The number of rotatable bonds is 4. The van der Waals surface area contributed by atoms with Crippen molar-refractivity contribution in [3.63, 3.8) is 0 Å². The summed E-state index contributed by atoms with van der Waals surface area (Å²) in [6.45, 7) is 0. The minimum absolute atomic E-state index is 0.000350. The number of benzene rings is 1. The fourth-order valence-electron chi connectivity index (χ4n) is 3.00. The van der Waals surface area contributed by atoms with Gasteiger partial charge in [-0.15, -0.1) is 0 Å². The zero-order valence-corrected chi connectivity index (χ0v) is 14.3. The Kier molecular flexibility index (Phi) is 4.21. The summed E-state index contributed by atoms with van der Waals surface area (Å²) in [6.07, 6.45) is 4.73. The molecule has 3 rings (SSSR count). The van der Waals surface area contributed by atoms with Crippen molar-refractivity contribution in [1.29, 1.82) is 0 Å². The third-order valence-corrected chi connectivity index (χ3v) is 5.04. The molecule has 0 spiro atoms. The Morgan fingerprint density at radius 1 is 1.25 bits per heavy atom. The van der Waals surface area contributed by atoms with E-state index >= 15 is 0 Å². The first-order valence-corrected chi connectivity index (χ1v) is 8.47. The molecule has 1 saturated carbocycles. The maximum atomic E-state index is 12.2. The van der Waals surface area contributed by atoms with Gasteiger partial charge in [-0.05, 0) is 49.9 Å². The van der Waals surface area contributed by atoms with E-state index in [1.165, 1.54) is 10.9 Å². The highest BCUT2D eigenvalue weighted by Crippen LogP contribution is 2.30. The summed E-state index contributed by atoms with van der Waals surface area (Å²) in [6, 6.07) is 7.09. The number of anilines is 1. The van der Waals surface area contributed by atoms with Crippen molar-refractivity contribution in [2.24, 2.45) is 0 Å². The van der Waals surface area contributed by atoms with Gasteiger partial charge in [0.05, 0.1) is 28.4 Å². The van der Waals surface area contributed by atoms with E-state index in [1.807, 2.05) is 0 Å². The minimum Gasteiger partial charge on any atom is -0.497 e. The quantitative estimate of drug-likeness (QED) is 0.877. The molecular formula is C17H19Cl2N3O2. The van der Waals surface area contributed by atoms with Crippen LogP contribution in [0.15, 0.2) is 35.3 Å². The van der Waals surface area contributed by atoms with Gasteiger partial charge < -0.3 is 10.1 Å². The number of hydrogen-bond acceptors (Lipinski definition) is 4. The Morgan fingerprint density at radius 2 is 1.96 bits per heavy atom. The van der Waals surface area contributed by atoms with Crippen LogP contribution >= 0.6 is 23.2 Å². The van der Waals surface area contributed by atoms with Gasteiger partial charge in [0.1, 0.15) is 10.8 Å². The number of ether oxygens (including phenoxy) is 1. The molecule has 0 bridgehead atoms. The Balaban J connectivity index is 1.57. The van der Waals surface area contributed by atoms with Crippen molar-refractivity contribution in [2.45, 2.75) is 37.8 Å². The Morgan fingerprint density at radius 3 is 2.62 bits per heavy atom. The van der Waals surface area contributed by atoms with Gasteiger partial charge in [-0.2, -0.15) is 5.10 Å². The second-order valence-electron chi connectivity index (χ2n) is 5.83.